The van der Waals surface area contributed by atoms with E-state index in [1.807, 2.05) is 0 Å². The smallest absolute Gasteiger partial charge is 0.104 e. The molecule has 8 heteroatoms. The van der Waals surface area contributed by atoms with Gasteiger partial charge in [-0.15, -0.1) is 6.58 Å². The molecule has 0 bridgehead atoms. The first-order valence-corrected chi connectivity index (χ1v) is 9.20. The van der Waals surface area contributed by atoms with E-state index in [0.29, 0.717) is 99.1 Å². The molecule has 154 valence electrons. The average molecular weight is 378 g/mol. The summed E-state index contributed by atoms with van der Waals surface area (Å²) in [4.78, 5) is 0. The van der Waals surface area contributed by atoms with E-state index in [1.165, 1.54) is 0 Å². The summed E-state index contributed by atoms with van der Waals surface area (Å²) in [6.45, 7) is 11.3. The topological polar surface area (TPSA) is 73.8 Å². The molecule has 26 heavy (non-hydrogen) atoms. The summed E-state index contributed by atoms with van der Waals surface area (Å²) in [5.41, 5.74) is 0. The van der Waals surface area contributed by atoms with Crippen molar-refractivity contribution >= 4 is 0 Å². The van der Waals surface area contributed by atoms with Gasteiger partial charge in [-0.05, 0) is 0 Å². The number of hydrogen-bond donors (Lipinski definition) is 0. The van der Waals surface area contributed by atoms with E-state index in [4.69, 9.17) is 37.9 Å². The minimum atomic E-state index is -0.149. The van der Waals surface area contributed by atoms with E-state index in [2.05, 4.69) is 6.58 Å². The maximum absolute atomic E-state index is 5.76. The van der Waals surface area contributed by atoms with Crippen molar-refractivity contribution in [2.24, 2.45) is 0 Å². The maximum Gasteiger partial charge on any atom is 0.104 e. The molecule has 1 saturated heterocycles. The lowest BCUT2D eigenvalue weighted by atomic mass is 10.4. The lowest BCUT2D eigenvalue weighted by Gasteiger charge is -2.18. The molecule has 0 aromatic heterocycles. The van der Waals surface area contributed by atoms with E-state index in [9.17, 15) is 0 Å². The minimum Gasteiger partial charge on any atom is -0.377 e. The largest absolute Gasteiger partial charge is 0.377 e. The van der Waals surface area contributed by atoms with Gasteiger partial charge in [0.15, 0.2) is 0 Å². The highest BCUT2D eigenvalue weighted by Gasteiger charge is 2.10. The fourth-order valence-electron chi connectivity index (χ4n) is 2.02. The molecule has 0 aromatic carbocycles. The molecule has 0 amide bonds. The summed E-state index contributed by atoms with van der Waals surface area (Å²) in [5, 5.41) is 0. The monoisotopic (exact) mass is 378 g/mol. The Labute approximate surface area is 156 Å². The van der Waals surface area contributed by atoms with Gasteiger partial charge in [0.2, 0.25) is 0 Å². The van der Waals surface area contributed by atoms with Crippen molar-refractivity contribution in [3.63, 3.8) is 0 Å². The molecular weight excluding hydrogens is 344 g/mol. The van der Waals surface area contributed by atoms with Crippen LogP contribution in [0.3, 0.4) is 0 Å². The first kappa shape index (κ1) is 23.5. The molecule has 0 saturated carbocycles. The second-order valence-electron chi connectivity index (χ2n) is 5.46. The van der Waals surface area contributed by atoms with Gasteiger partial charge >= 0.3 is 0 Å². The summed E-state index contributed by atoms with van der Waals surface area (Å²) in [7, 11) is 0. The van der Waals surface area contributed by atoms with Crippen LogP contribution >= 0.6 is 0 Å². The lowest BCUT2D eigenvalue weighted by Crippen LogP contribution is -2.28. The van der Waals surface area contributed by atoms with Gasteiger partial charge in [0.05, 0.1) is 99.1 Å². The van der Waals surface area contributed by atoms with Crippen LogP contribution in [0.15, 0.2) is 12.7 Å². The Bertz CT molecular complexity index is 281. The molecule has 8 nitrogen and oxygen atoms in total. The normalized spacial score (nSPS) is 24.4. The zero-order valence-corrected chi connectivity index (χ0v) is 15.7. The van der Waals surface area contributed by atoms with Gasteiger partial charge in [-0.1, -0.05) is 6.08 Å². The first-order valence-electron chi connectivity index (χ1n) is 9.20. The molecule has 1 aliphatic rings. The lowest BCUT2D eigenvalue weighted by molar-refractivity contribution is -0.0788. The Morgan fingerprint density at radius 3 is 1.54 bits per heavy atom. The van der Waals surface area contributed by atoms with Crippen LogP contribution in [0.5, 0.6) is 0 Å². The number of hydrogen-bond acceptors (Lipinski definition) is 8. The molecule has 0 radical (unpaired) electrons. The summed E-state index contributed by atoms with van der Waals surface area (Å²) in [5.74, 6) is 0. The van der Waals surface area contributed by atoms with E-state index in [0.717, 1.165) is 0 Å². The Morgan fingerprint density at radius 2 is 1.08 bits per heavy atom. The summed E-state index contributed by atoms with van der Waals surface area (Å²) < 4.78 is 44.0. The molecule has 0 aliphatic carbocycles. The fraction of sp³-hybridized carbons (Fsp3) is 0.889. The molecular formula is C18H34O8. The molecule has 0 N–H and O–H groups in total. The highest BCUT2D eigenvalue weighted by atomic mass is 16.6. The fourth-order valence-corrected chi connectivity index (χ4v) is 2.02. The van der Waals surface area contributed by atoms with Crippen molar-refractivity contribution in [3.05, 3.63) is 12.7 Å². The number of rotatable bonds is 4. The third-order valence-corrected chi connectivity index (χ3v) is 3.28. The SMILES string of the molecule is C=CCOCC1COCCOCCOCCOCCOCCOCCO1. The molecule has 1 atom stereocenters. The predicted octanol–water partition coefficient (Wildman–Crippen LogP) is 0.687. The van der Waals surface area contributed by atoms with E-state index in [1.54, 1.807) is 6.08 Å². The van der Waals surface area contributed by atoms with Crippen molar-refractivity contribution in [1.82, 2.24) is 0 Å². The van der Waals surface area contributed by atoms with Crippen molar-refractivity contribution in [3.8, 4) is 0 Å². The van der Waals surface area contributed by atoms with Crippen molar-refractivity contribution in [2.45, 2.75) is 6.10 Å². The molecule has 1 unspecified atom stereocenters. The van der Waals surface area contributed by atoms with Gasteiger partial charge in [0, 0.05) is 0 Å². The van der Waals surface area contributed by atoms with E-state index < -0.39 is 0 Å². The summed E-state index contributed by atoms with van der Waals surface area (Å²) in [6, 6.07) is 0. The van der Waals surface area contributed by atoms with Gasteiger partial charge in [-0.3, -0.25) is 0 Å². The first-order chi connectivity index (χ1) is 12.9. The van der Waals surface area contributed by atoms with Crippen molar-refractivity contribution < 1.29 is 37.9 Å². The molecule has 1 aliphatic heterocycles. The van der Waals surface area contributed by atoms with Gasteiger partial charge in [0.1, 0.15) is 6.10 Å². The molecule has 0 spiro atoms. The third kappa shape index (κ3) is 15.7. The number of ether oxygens (including phenoxy) is 8. The zero-order valence-electron chi connectivity index (χ0n) is 15.7. The highest BCUT2D eigenvalue weighted by molar-refractivity contribution is 4.65. The van der Waals surface area contributed by atoms with Crippen LogP contribution in [-0.2, 0) is 37.9 Å². The quantitative estimate of drug-likeness (QED) is 0.523. The molecule has 0 aromatic rings. The van der Waals surface area contributed by atoms with Crippen LogP contribution in [0.25, 0.3) is 0 Å². The molecule has 1 heterocycles. The van der Waals surface area contributed by atoms with Crippen LogP contribution in [0.2, 0.25) is 0 Å². The summed E-state index contributed by atoms with van der Waals surface area (Å²) >= 11 is 0. The Morgan fingerprint density at radius 1 is 0.654 bits per heavy atom. The van der Waals surface area contributed by atoms with Gasteiger partial charge in [-0.2, -0.15) is 0 Å². The Balaban J connectivity index is 2.22. The van der Waals surface area contributed by atoms with Crippen LogP contribution in [0, 0.1) is 0 Å². The second-order valence-corrected chi connectivity index (χ2v) is 5.46. The van der Waals surface area contributed by atoms with Crippen LogP contribution in [-0.4, -0.2) is 105 Å². The van der Waals surface area contributed by atoms with Crippen molar-refractivity contribution in [1.29, 1.82) is 0 Å². The minimum absolute atomic E-state index is 0.149. The van der Waals surface area contributed by atoms with Crippen molar-refractivity contribution in [2.75, 3.05) is 99.1 Å². The van der Waals surface area contributed by atoms with Crippen LogP contribution in [0.1, 0.15) is 0 Å². The molecule has 1 fully saturated rings. The van der Waals surface area contributed by atoms with E-state index >= 15 is 0 Å². The highest BCUT2D eigenvalue weighted by Crippen LogP contribution is 1.97. The van der Waals surface area contributed by atoms with Gasteiger partial charge in [-0.25, -0.2) is 0 Å². The summed E-state index contributed by atoms with van der Waals surface area (Å²) in [6.07, 6.45) is 1.56. The maximum atomic E-state index is 5.76. The predicted molar refractivity (Wildman–Crippen MR) is 95.7 cm³/mol. The second kappa shape index (κ2) is 19.2. The average Bonchev–Trinajstić information content (AvgIpc) is 2.65. The van der Waals surface area contributed by atoms with Gasteiger partial charge in [0.25, 0.3) is 0 Å². The Hall–Kier alpha value is -0.580. The van der Waals surface area contributed by atoms with Crippen LogP contribution < -0.4 is 0 Å². The molecule has 1 rings (SSSR count). The van der Waals surface area contributed by atoms with Gasteiger partial charge < -0.3 is 37.9 Å². The Kier molecular flexibility index (Phi) is 17.3. The van der Waals surface area contributed by atoms with E-state index in [-0.39, 0.29) is 6.10 Å². The zero-order chi connectivity index (χ0) is 18.5. The standard InChI is InChI=1S/C18H34O8/c1-2-3-24-16-18-17-25-13-12-22-9-8-20-5-4-19-6-7-21-10-11-23-14-15-26-18/h2,18H,1,3-17H2. The van der Waals surface area contributed by atoms with Crippen LogP contribution in [0.4, 0.5) is 0 Å². The third-order valence-electron chi connectivity index (χ3n) is 3.28.